The molecule has 0 aromatic rings. The van der Waals surface area contributed by atoms with E-state index in [9.17, 15) is 0 Å². The Morgan fingerprint density at radius 3 is 2.83 bits per heavy atom. The number of nitrogens with one attached hydrogen (secondary N) is 1. The predicted molar refractivity (Wildman–Crippen MR) is 94.9 cm³/mol. The molecule has 0 aromatic heterocycles. The molecule has 2 fully saturated rings. The second-order valence-corrected chi connectivity index (χ2v) is 6.25. The second kappa shape index (κ2) is 10.7. The maximum atomic E-state index is 6.05. The maximum absolute atomic E-state index is 6.05. The van der Waals surface area contributed by atoms with Gasteiger partial charge in [0.1, 0.15) is 0 Å². The minimum atomic E-state index is 0.332. The lowest BCUT2D eigenvalue weighted by atomic mass is 10.1. The molecule has 5 nitrogen and oxygen atoms in total. The van der Waals surface area contributed by atoms with E-state index in [1.54, 1.807) is 0 Å². The molecule has 1 atom stereocenters. The van der Waals surface area contributed by atoms with E-state index in [4.69, 9.17) is 14.5 Å². The van der Waals surface area contributed by atoms with E-state index in [1.165, 1.54) is 6.42 Å². The van der Waals surface area contributed by atoms with Gasteiger partial charge in [0.25, 0.3) is 0 Å². The molecule has 2 rings (SSSR count). The standard InChI is InChI=1S/C18H33N3O2/c1-3-5-6-11-20-18(19-4-2)21-12-9-16(10-13-21)23-15-17-8-7-14-22-17/h3,5,16-17H,4,6-15H2,1-2H3,(H,19,20)/b5-3+. The Kier molecular flexibility index (Phi) is 8.47. The number of nitrogens with zero attached hydrogens (tertiary/aromatic N) is 2. The fraction of sp³-hybridized carbons (Fsp3) is 0.833. The summed E-state index contributed by atoms with van der Waals surface area (Å²) in [5, 5.41) is 3.41. The number of allylic oxidation sites excluding steroid dienone is 1. The molecule has 132 valence electrons. The van der Waals surface area contributed by atoms with Gasteiger partial charge in [0, 0.05) is 32.8 Å². The number of hydrogen-bond donors (Lipinski definition) is 1. The fourth-order valence-corrected chi connectivity index (χ4v) is 3.09. The van der Waals surface area contributed by atoms with Crippen LogP contribution in [0, 0.1) is 0 Å². The van der Waals surface area contributed by atoms with E-state index >= 15 is 0 Å². The van der Waals surface area contributed by atoms with Crippen LogP contribution in [0.25, 0.3) is 0 Å². The topological polar surface area (TPSA) is 46.1 Å². The Balaban J connectivity index is 1.71. The first-order valence-corrected chi connectivity index (χ1v) is 9.21. The van der Waals surface area contributed by atoms with Crippen molar-refractivity contribution in [3.05, 3.63) is 12.2 Å². The highest BCUT2D eigenvalue weighted by Crippen LogP contribution is 2.17. The monoisotopic (exact) mass is 323 g/mol. The molecule has 0 aromatic carbocycles. The van der Waals surface area contributed by atoms with Crippen LogP contribution >= 0.6 is 0 Å². The third-order valence-corrected chi connectivity index (χ3v) is 4.41. The predicted octanol–water partition coefficient (Wildman–Crippen LogP) is 2.58. The van der Waals surface area contributed by atoms with Gasteiger partial charge in [-0.05, 0) is 46.0 Å². The summed E-state index contributed by atoms with van der Waals surface area (Å²) in [4.78, 5) is 7.09. The number of rotatable bonds is 7. The molecule has 2 saturated heterocycles. The zero-order chi connectivity index (χ0) is 16.3. The zero-order valence-electron chi connectivity index (χ0n) is 14.8. The Hall–Kier alpha value is -1.07. The van der Waals surface area contributed by atoms with Crippen LogP contribution in [0.2, 0.25) is 0 Å². The highest BCUT2D eigenvalue weighted by Gasteiger charge is 2.24. The maximum Gasteiger partial charge on any atom is 0.193 e. The number of hydrogen-bond acceptors (Lipinski definition) is 3. The Bertz CT molecular complexity index is 370. The third kappa shape index (κ3) is 6.51. The van der Waals surface area contributed by atoms with Gasteiger partial charge in [-0.15, -0.1) is 0 Å². The first-order valence-electron chi connectivity index (χ1n) is 9.21. The number of likely N-dealkylation sites (tertiary alicyclic amines) is 1. The van der Waals surface area contributed by atoms with Crippen molar-refractivity contribution in [2.45, 2.75) is 58.2 Å². The van der Waals surface area contributed by atoms with Gasteiger partial charge in [0.2, 0.25) is 0 Å². The van der Waals surface area contributed by atoms with Crippen LogP contribution in [0.15, 0.2) is 17.1 Å². The van der Waals surface area contributed by atoms with Crippen molar-refractivity contribution in [3.63, 3.8) is 0 Å². The molecule has 5 heteroatoms. The summed E-state index contributed by atoms with van der Waals surface area (Å²) in [5.41, 5.74) is 0. The average molecular weight is 323 g/mol. The molecule has 0 radical (unpaired) electrons. The molecule has 1 N–H and O–H groups in total. The minimum absolute atomic E-state index is 0.332. The largest absolute Gasteiger partial charge is 0.376 e. The van der Waals surface area contributed by atoms with E-state index in [-0.39, 0.29) is 0 Å². The number of aliphatic imine (C=N–C) groups is 1. The van der Waals surface area contributed by atoms with E-state index in [1.807, 2.05) is 0 Å². The van der Waals surface area contributed by atoms with Crippen molar-refractivity contribution >= 4 is 5.96 Å². The van der Waals surface area contributed by atoms with Crippen molar-refractivity contribution in [1.82, 2.24) is 10.2 Å². The lowest BCUT2D eigenvalue weighted by molar-refractivity contribution is -0.0367. The van der Waals surface area contributed by atoms with E-state index < -0.39 is 0 Å². The van der Waals surface area contributed by atoms with Gasteiger partial charge in [0.15, 0.2) is 5.96 Å². The number of ether oxygens (including phenoxy) is 2. The first kappa shape index (κ1) is 18.3. The molecule has 0 aliphatic carbocycles. The van der Waals surface area contributed by atoms with Crippen LogP contribution in [0.1, 0.15) is 46.0 Å². The summed E-state index contributed by atoms with van der Waals surface area (Å²) < 4.78 is 11.7. The van der Waals surface area contributed by atoms with Gasteiger partial charge in [0.05, 0.1) is 18.8 Å². The van der Waals surface area contributed by atoms with Crippen molar-refractivity contribution < 1.29 is 9.47 Å². The van der Waals surface area contributed by atoms with Gasteiger partial charge in [-0.3, -0.25) is 4.99 Å². The molecule has 0 bridgehead atoms. The Labute approximate surface area is 141 Å². The average Bonchev–Trinajstić information content (AvgIpc) is 3.10. The summed E-state index contributed by atoms with van der Waals surface area (Å²) in [6.07, 6.45) is 10.5. The molecule has 23 heavy (non-hydrogen) atoms. The highest BCUT2D eigenvalue weighted by atomic mass is 16.5. The lowest BCUT2D eigenvalue weighted by Gasteiger charge is -2.34. The van der Waals surface area contributed by atoms with Crippen molar-refractivity contribution in [3.8, 4) is 0 Å². The van der Waals surface area contributed by atoms with Crippen LogP contribution in [0.4, 0.5) is 0 Å². The van der Waals surface area contributed by atoms with Crippen LogP contribution in [-0.4, -0.2) is 62.5 Å². The number of piperidine rings is 1. The quantitative estimate of drug-likeness (QED) is 0.338. The fourth-order valence-electron chi connectivity index (χ4n) is 3.09. The normalized spacial score (nSPS) is 23.8. The molecule has 2 aliphatic heterocycles. The molecule has 1 unspecified atom stereocenters. The van der Waals surface area contributed by atoms with Gasteiger partial charge in [-0.1, -0.05) is 12.2 Å². The summed E-state index contributed by atoms with van der Waals surface area (Å²) >= 11 is 0. The van der Waals surface area contributed by atoms with Crippen LogP contribution < -0.4 is 5.32 Å². The van der Waals surface area contributed by atoms with Crippen LogP contribution in [0.3, 0.4) is 0 Å². The summed E-state index contributed by atoms with van der Waals surface area (Å²) in [6, 6.07) is 0. The first-order chi connectivity index (χ1) is 11.3. The SMILES string of the molecule is C/C=C/CCN=C(NCC)N1CCC(OCC2CCCO2)CC1. The lowest BCUT2D eigenvalue weighted by Crippen LogP contribution is -2.47. The molecular formula is C18H33N3O2. The summed E-state index contributed by atoms with van der Waals surface area (Å²) in [6.45, 7) is 9.65. The van der Waals surface area contributed by atoms with Crippen LogP contribution in [0.5, 0.6) is 0 Å². The van der Waals surface area contributed by atoms with E-state index in [0.717, 1.165) is 71.0 Å². The number of guanidine groups is 1. The van der Waals surface area contributed by atoms with Crippen LogP contribution in [-0.2, 0) is 9.47 Å². The summed E-state index contributed by atoms with van der Waals surface area (Å²) in [5.74, 6) is 1.05. The van der Waals surface area contributed by atoms with Crippen molar-refractivity contribution in [2.24, 2.45) is 4.99 Å². The van der Waals surface area contributed by atoms with Gasteiger partial charge >= 0.3 is 0 Å². The summed E-state index contributed by atoms with van der Waals surface area (Å²) in [7, 11) is 0. The molecule has 0 amide bonds. The third-order valence-electron chi connectivity index (χ3n) is 4.41. The molecule has 2 heterocycles. The van der Waals surface area contributed by atoms with E-state index in [0.29, 0.717) is 12.2 Å². The molecule has 0 saturated carbocycles. The second-order valence-electron chi connectivity index (χ2n) is 6.25. The Morgan fingerprint density at radius 1 is 1.35 bits per heavy atom. The van der Waals surface area contributed by atoms with Crippen molar-refractivity contribution in [2.75, 3.05) is 39.4 Å². The molecular weight excluding hydrogens is 290 g/mol. The van der Waals surface area contributed by atoms with Gasteiger partial charge in [-0.2, -0.15) is 0 Å². The van der Waals surface area contributed by atoms with Gasteiger partial charge in [-0.25, -0.2) is 0 Å². The molecule has 0 spiro atoms. The Morgan fingerprint density at radius 2 is 2.17 bits per heavy atom. The smallest absolute Gasteiger partial charge is 0.193 e. The highest BCUT2D eigenvalue weighted by molar-refractivity contribution is 5.80. The van der Waals surface area contributed by atoms with Crippen molar-refractivity contribution in [1.29, 1.82) is 0 Å². The van der Waals surface area contributed by atoms with Gasteiger partial charge < -0.3 is 19.7 Å². The van der Waals surface area contributed by atoms with E-state index in [2.05, 4.69) is 36.2 Å². The minimum Gasteiger partial charge on any atom is -0.376 e. The molecule has 2 aliphatic rings. The zero-order valence-corrected chi connectivity index (χ0v) is 14.8.